The Hall–Kier alpha value is -0.930. The normalized spacial score (nSPS) is 9.87. The molecule has 1 rings (SSSR count). The first-order chi connectivity index (χ1) is 7.08. The first-order valence-corrected chi connectivity index (χ1v) is 5.19. The van der Waals surface area contributed by atoms with Gasteiger partial charge < -0.3 is 10.1 Å². The van der Waals surface area contributed by atoms with E-state index in [0.717, 1.165) is 5.56 Å². The Morgan fingerprint density at radius 3 is 2.73 bits per heavy atom. The quantitative estimate of drug-likeness (QED) is 0.835. The van der Waals surface area contributed by atoms with Crippen molar-refractivity contribution in [3.8, 4) is 5.75 Å². The SMILES string of the molecule is COc1cc(Cl)c(C)cc1NC(=O)CCl. The van der Waals surface area contributed by atoms with E-state index in [1.54, 1.807) is 12.1 Å². The Kier molecular flexibility index (Phi) is 4.24. The number of benzene rings is 1. The Bertz CT molecular complexity index is 380. The van der Waals surface area contributed by atoms with Crippen molar-refractivity contribution in [1.29, 1.82) is 0 Å². The molecule has 0 fully saturated rings. The molecule has 15 heavy (non-hydrogen) atoms. The first kappa shape index (κ1) is 12.1. The fourth-order valence-corrected chi connectivity index (χ4v) is 1.33. The Morgan fingerprint density at radius 1 is 1.53 bits per heavy atom. The van der Waals surface area contributed by atoms with Gasteiger partial charge in [-0.1, -0.05) is 11.6 Å². The third-order valence-corrected chi connectivity index (χ3v) is 2.53. The standard InChI is InChI=1S/C10H11Cl2NO2/c1-6-3-8(13-10(14)5-11)9(15-2)4-7(6)12/h3-4H,5H2,1-2H3,(H,13,14). The van der Waals surface area contributed by atoms with Gasteiger partial charge in [0.2, 0.25) is 5.91 Å². The van der Waals surface area contributed by atoms with Crippen LogP contribution in [-0.2, 0) is 4.79 Å². The molecule has 0 saturated carbocycles. The number of nitrogens with one attached hydrogen (secondary N) is 1. The van der Waals surface area contributed by atoms with Gasteiger partial charge in [-0.3, -0.25) is 4.79 Å². The minimum Gasteiger partial charge on any atom is -0.495 e. The maximum atomic E-state index is 11.1. The van der Waals surface area contributed by atoms with Crippen molar-refractivity contribution in [2.45, 2.75) is 6.92 Å². The van der Waals surface area contributed by atoms with Crippen molar-refractivity contribution in [1.82, 2.24) is 0 Å². The Balaban J connectivity index is 3.05. The number of hydrogen-bond donors (Lipinski definition) is 1. The molecule has 0 bridgehead atoms. The van der Waals surface area contributed by atoms with E-state index in [0.29, 0.717) is 16.5 Å². The van der Waals surface area contributed by atoms with Gasteiger partial charge in [-0.2, -0.15) is 0 Å². The molecule has 3 nitrogen and oxygen atoms in total. The van der Waals surface area contributed by atoms with Gasteiger partial charge in [-0.05, 0) is 18.6 Å². The third kappa shape index (κ3) is 3.01. The van der Waals surface area contributed by atoms with Crippen LogP contribution in [0.1, 0.15) is 5.56 Å². The van der Waals surface area contributed by atoms with Crippen LogP contribution >= 0.6 is 23.2 Å². The molecule has 0 aliphatic heterocycles. The second-order valence-corrected chi connectivity index (χ2v) is 3.66. The van der Waals surface area contributed by atoms with Crippen molar-refractivity contribution < 1.29 is 9.53 Å². The number of rotatable bonds is 3. The number of carbonyl (C=O) groups is 1. The molecule has 0 saturated heterocycles. The van der Waals surface area contributed by atoms with Crippen LogP contribution in [-0.4, -0.2) is 18.9 Å². The van der Waals surface area contributed by atoms with Gasteiger partial charge in [0.05, 0.1) is 12.8 Å². The van der Waals surface area contributed by atoms with E-state index >= 15 is 0 Å². The Morgan fingerprint density at radius 2 is 2.20 bits per heavy atom. The summed E-state index contributed by atoms with van der Waals surface area (Å²) in [5.41, 5.74) is 1.44. The molecule has 0 radical (unpaired) electrons. The van der Waals surface area contributed by atoms with Gasteiger partial charge in [0.1, 0.15) is 11.6 Å². The minimum absolute atomic E-state index is 0.0924. The topological polar surface area (TPSA) is 38.3 Å². The van der Waals surface area contributed by atoms with Crippen molar-refractivity contribution in [3.63, 3.8) is 0 Å². The zero-order chi connectivity index (χ0) is 11.4. The lowest BCUT2D eigenvalue weighted by atomic mass is 10.2. The molecule has 0 aliphatic carbocycles. The van der Waals surface area contributed by atoms with Crippen LogP contribution in [0.25, 0.3) is 0 Å². The predicted octanol–water partition coefficient (Wildman–Crippen LogP) is 2.83. The number of aryl methyl sites for hydroxylation is 1. The van der Waals surface area contributed by atoms with E-state index in [-0.39, 0.29) is 11.8 Å². The summed E-state index contributed by atoms with van der Waals surface area (Å²) in [5, 5.41) is 3.22. The summed E-state index contributed by atoms with van der Waals surface area (Å²) >= 11 is 11.3. The fraction of sp³-hybridized carbons (Fsp3) is 0.300. The number of halogens is 2. The number of anilines is 1. The molecule has 1 aromatic carbocycles. The lowest BCUT2D eigenvalue weighted by Crippen LogP contribution is -2.13. The summed E-state index contributed by atoms with van der Waals surface area (Å²) < 4.78 is 5.08. The molecule has 0 spiro atoms. The summed E-state index contributed by atoms with van der Waals surface area (Å²) in [5.74, 6) is 0.144. The van der Waals surface area contributed by atoms with Gasteiger partial charge in [-0.15, -0.1) is 11.6 Å². The molecule has 1 amide bonds. The van der Waals surface area contributed by atoms with E-state index in [1.807, 2.05) is 6.92 Å². The summed E-state index contributed by atoms with van der Waals surface area (Å²) in [4.78, 5) is 11.1. The minimum atomic E-state index is -0.281. The highest BCUT2D eigenvalue weighted by molar-refractivity contribution is 6.32. The van der Waals surface area contributed by atoms with Crippen LogP contribution in [0.2, 0.25) is 5.02 Å². The van der Waals surface area contributed by atoms with Crippen molar-refractivity contribution in [2.75, 3.05) is 18.3 Å². The maximum absolute atomic E-state index is 11.1. The average Bonchev–Trinajstić information content (AvgIpc) is 2.22. The first-order valence-electron chi connectivity index (χ1n) is 4.28. The largest absolute Gasteiger partial charge is 0.495 e. The van der Waals surface area contributed by atoms with E-state index in [4.69, 9.17) is 27.9 Å². The van der Waals surface area contributed by atoms with Crippen LogP contribution in [0.4, 0.5) is 5.69 Å². The Labute approximate surface area is 98.3 Å². The van der Waals surface area contributed by atoms with Crippen molar-refractivity contribution in [3.05, 3.63) is 22.7 Å². The van der Waals surface area contributed by atoms with Crippen LogP contribution in [0.3, 0.4) is 0 Å². The van der Waals surface area contributed by atoms with E-state index in [2.05, 4.69) is 5.32 Å². The second-order valence-electron chi connectivity index (χ2n) is 2.98. The molecule has 1 aromatic rings. The predicted molar refractivity (Wildman–Crippen MR) is 62.1 cm³/mol. The van der Waals surface area contributed by atoms with Crippen LogP contribution < -0.4 is 10.1 Å². The lowest BCUT2D eigenvalue weighted by molar-refractivity contribution is -0.113. The molecule has 5 heteroatoms. The smallest absolute Gasteiger partial charge is 0.239 e. The van der Waals surface area contributed by atoms with Gasteiger partial charge in [-0.25, -0.2) is 0 Å². The van der Waals surface area contributed by atoms with Crippen LogP contribution in [0.15, 0.2) is 12.1 Å². The van der Waals surface area contributed by atoms with Crippen LogP contribution in [0, 0.1) is 6.92 Å². The average molecular weight is 248 g/mol. The summed E-state index contributed by atoms with van der Waals surface area (Å²) in [6.07, 6.45) is 0. The van der Waals surface area contributed by atoms with Gasteiger partial charge in [0.15, 0.2) is 0 Å². The van der Waals surface area contributed by atoms with E-state index in [1.165, 1.54) is 7.11 Å². The number of amides is 1. The van der Waals surface area contributed by atoms with Gasteiger partial charge in [0, 0.05) is 11.1 Å². The van der Waals surface area contributed by atoms with Crippen molar-refractivity contribution >= 4 is 34.8 Å². The molecule has 0 heterocycles. The highest BCUT2D eigenvalue weighted by atomic mass is 35.5. The monoisotopic (exact) mass is 247 g/mol. The second kappa shape index (κ2) is 5.24. The van der Waals surface area contributed by atoms with E-state index < -0.39 is 0 Å². The molecule has 82 valence electrons. The van der Waals surface area contributed by atoms with E-state index in [9.17, 15) is 4.79 Å². The number of ether oxygens (including phenoxy) is 1. The third-order valence-electron chi connectivity index (χ3n) is 1.88. The van der Waals surface area contributed by atoms with Crippen LogP contribution in [0.5, 0.6) is 5.75 Å². The molecule has 0 unspecified atom stereocenters. The number of carbonyl (C=O) groups excluding carboxylic acids is 1. The van der Waals surface area contributed by atoms with Gasteiger partial charge >= 0.3 is 0 Å². The summed E-state index contributed by atoms with van der Waals surface area (Å²) in [6.45, 7) is 1.85. The summed E-state index contributed by atoms with van der Waals surface area (Å²) in [7, 11) is 1.51. The highest BCUT2D eigenvalue weighted by Gasteiger charge is 2.09. The number of methoxy groups -OCH3 is 1. The highest BCUT2D eigenvalue weighted by Crippen LogP contribution is 2.30. The number of hydrogen-bond acceptors (Lipinski definition) is 2. The zero-order valence-corrected chi connectivity index (χ0v) is 9.95. The maximum Gasteiger partial charge on any atom is 0.239 e. The summed E-state index contributed by atoms with van der Waals surface area (Å²) in [6, 6.07) is 3.40. The molecular formula is C10H11Cl2NO2. The molecule has 0 aliphatic rings. The fourth-order valence-electron chi connectivity index (χ4n) is 1.11. The molecular weight excluding hydrogens is 237 g/mol. The lowest BCUT2D eigenvalue weighted by Gasteiger charge is -2.11. The zero-order valence-electron chi connectivity index (χ0n) is 8.43. The molecule has 0 atom stereocenters. The van der Waals surface area contributed by atoms with Crippen molar-refractivity contribution in [2.24, 2.45) is 0 Å². The van der Waals surface area contributed by atoms with Gasteiger partial charge in [0.25, 0.3) is 0 Å². The number of alkyl halides is 1. The molecule has 0 aromatic heterocycles. The molecule has 1 N–H and O–H groups in total.